The van der Waals surface area contributed by atoms with E-state index < -0.39 is 51.0 Å². The maximum atomic E-state index is 13.3. The Balaban J connectivity index is 2.85. The quantitative estimate of drug-likeness (QED) is 0.160. The fourth-order valence-electron chi connectivity index (χ4n) is 3.47. The first-order valence-corrected chi connectivity index (χ1v) is 14.7. The molecule has 12 heteroatoms. The van der Waals surface area contributed by atoms with Crippen LogP contribution in [0.5, 0.6) is 0 Å². The maximum absolute atomic E-state index is 13.3. The van der Waals surface area contributed by atoms with Crippen molar-refractivity contribution in [2.45, 2.75) is 83.0 Å². The summed E-state index contributed by atoms with van der Waals surface area (Å²) in [6, 6.07) is -1.90. The van der Waals surface area contributed by atoms with Crippen molar-refractivity contribution in [3.05, 3.63) is 0 Å². The van der Waals surface area contributed by atoms with Crippen molar-refractivity contribution >= 4 is 49.6 Å². The number of alkyl carbamates (subject to hydrolysis) is 1. The van der Waals surface area contributed by atoms with E-state index in [-0.39, 0.29) is 10.6 Å². The first kappa shape index (κ1) is 30.7. The number of thioether (sulfide) groups is 1. The van der Waals surface area contributed by atoms with Gasteiger partial charge in [0.25, 0.3) is 0 Å². The molecule has 1 heterocycles. The van der Waals surface area contributed by atoms with Crippen molar-refractivity contribution in [3.8, 4) is 0 Å². The van der Waals surface area contributed by atoms with Crippen LogP contribution in [0.15, 0.2) is 0 Å². The normalized spacial score (nSPS) is 17.7. The summed E-state index contributed by atoms with van der Waals surface area (Å²) in [4.78, 5) is 52.2. The van der Waals surface area contributed by atoms with E-state index in [1.165, 1.54) is 7.11 Å². The van der Waals surface area contributed by atoms with Crippen LogP contribution < -0.4 is 15.4 Å². The second-order valence-corrected chi connectivity index (χ2v) is 11.8. The number of carbonyl (C=O) groups is 4. The molecular weight excluding hydrogens is 527 g/mol. The van der Waals surface area contributed by atoms with Crippen LogP contribution in [0.3, 0.4) is 0 Å². The van der Waals surface area contributed by atoms with Crippen LogP contribution in [0.4, 0.5) is 4.79 Å². The van der Waals surface area contributed by atoms with Crippen molar-refractivity contribution in [2.24, 2.45) is 5.73 Å². The molecule has 0 bridgehead atoms. The summed E-state index contributed by atoms with van der Waals surface area (Å²) < 4.78 is 13.1. The molecule has 0 aromatic heterocycles. The molecule has 0 aliphatic carbocycles. The van der Waals surface area contributed by atoms with Gasteiger partial charge in [-0.1, -0.05) is 0 Å². The second-order valence-electron chi connectivity index (χ2n) is 9.07. The molecule has 1 aliphatic rings. The van der Waals surface area contributed by atoms with Crippen LogP contribution in [-0.2, 0) is 23.9 Å². The third kappa shape index (κ3) is 10.9. The summed E-state index contributed by atoms with van der Waals surface area (Å²) in [5, 5.41) is 2.68. The monoisotopic (exact) mass is 568 g/mol. The molecule has 0 saturated carbocycles. The molecule has 10 nitrogen and oxygen atoms in total. The van der Waals surface area contributed by atoms with E-state index in [4.69, 9.17) is 15.2 Å². The molecule has 1 saturated heterocycles. The third-order valence-electron chi connectivity index (χ3n) is 5.14. The molecule has 0 unspecified atom stereocenters. The van der Waals surface area contributed by atoms with Gasteiger partial charge >= 0.3 is 214 Å². The molecule has 4 N–H and O–H groups in total. The minimum atomic E-state index is -0.762. The van der Waals surface area contributed by atoms with E-state index >= 15 is 0 Å². The number of hydrogen-bond acceptors (Lipinski definition) is 9. The SMILES string of the molecule is COC(=O)[C@@H]1CCCN1C(=O)[C@H](CCSC)N[Se]C(=O)[C@H](CCCCN)NC(=O)OC(C)(C)C. The summed E-state index contributed by atoms with van der Waals surface area (Å²) in [7, 11) is 1.32. The fraction of sp³-hybridized carbons (Fsp3) is 0.818. The van der Waals surface area contributed by atoms with Crippen molar-refractivity contribution in [3.63, 3.8) is 0 Å². The van der Waals surface area contributed by atoms with Gasteiger partial charge in [-0.05, 0) is 0 Å². The van der Waals surface area contributed by atoms with Gasteiger partial charge in [0.2, 0.25) is 0 Å². The van der Waals surface area contributed by atoms with E-state index in [2.05, 4.69) is 9.65 Å². The number of rotatable bonds is 14. The van der Waals surface area contributed by atoms with Gasteiger partial charge in [0.05, 0.1) is 0 Å². The Morgan fingerprint density at radius 2 is 1.88 bits per heavy atom. The van der Waals surface area contributed by atoms with Gasteiger partial charge in [-0.15, -0.1) is 0 Å². The number of ether oxygens (including phenoxy) is 2. The minimum absolute atomic E-state index is 0.178. The fourth-order valence-corrected chi connectivity index (χ4v) is 5.61. The van der Waals surface area contributed by atoms with E-state index in [0.29, 0.717) is 38.8 Å². The van der Waals surface area contributed by atoms with E-state index in [1.807, 2.05) is 6.26 Å². The standard InChI is InChI=1S/C22H40N4O6SSe/c1-22(2,3)32-21(30)24-16(9-6-7-12-23)20(29)34-25-15(11-14-33-5)18(27)26-13-8-10-17(26)19(28)31-4/h15-17,25H,6-14,23H2,1-5H3,(H,24,30)/t15-,16-,17-/m0/s1. The van der Waals surface area contributed by atoms with Gasteiger partial charge in [-0.2, -0.15) is 0 Å². The molecule has 0 aromatic rings. The van der Waals surface area contributed by atoms with Crippen molar-refractivity contribution in [2.75, 3.05) is 32.2 Å². The molecule has 0 radical (unpaired) electrons. The van der Waals surface area contributed by atoms with E-state index in [9.17, 15) is 19.2 Å². The number of hydrogen-bond donors (Lipinski definition) is 3. The number of nitrogens with one attached hydrogen (secondary N) is 2. The Morgan fingerprint density at radius 3 is 2.47 bits per heavy atom. The Kier molecular flexibility index (Phi) is 14.1. The van der Waals surface area contributed by atoms with Gasteiger partial charge in [0.15, 0.2) is 0 Å². The molecule has 196 valence electrons. The van der Waals surface area contributed by atoms with Crippen molar-refractivity contribution in [1.29, 1.82) is 0 Å². The predicted octanol–water partition coefficient (Wildman–Crippen LogP) is 1.03. The Bertz CT molecular complexity index is 691. The van der Waals surface area contributed by atoms with Gasteiger partial charge in [-0.25, -0.2) is 0 Å². The van der Waals surface area contributed by atoms with Gasteiger partial charge in [-0.3, -0.25) is 0 Å². The number of nitrogens with two attached hydrogens (primary N) is 1. The molecular formula is C22H40N4O6SSe. The van der Waals surface area contributed by atoms with Crippen LogP contribution in [0, 0.1) is 0 Å². The molecule has 1 fully saturated rings. The number of amides is 2. The van der Waals surface area contributed by atoms with Crippen molar-refractivity contribution in [1.82, 2.24) is 14.5 Å². The van der Waals surface area contributed by atoms with Crippen LogP contribution in [0.1, 0.15) is 59.3 Å². The molecule has 3 atom stereocenters. The van der Waals surface area contributed by atoms with Gasteiger partial charge in [0, 0.05) is 0 Å². The average molecular weight is 568 g/mol. The zero-order valence-electron chi connectivity index (χ0n) is 20.9. The molecule has 0 spiro atoms. The molecule has 34 heavy (non-hydrogen) atoms. The number of carbonyl (C=O) groups excluding carboxylic acids is 4. The van der Waals surface area contributed by atoms with Gasteiger partial charge in [0.1, 0.15) is 0 Å². The predicted molar refractivity (Wildman–Crippen MR) is 133 cm³/mol. The average Bonchev–Trinajstić information content (AvgIpc) is 3.26. The number of unbranched alkanes of at least 4 members (excludes halogenated alkanes) is 1. The molecule has 1 aliphatic heterocycles. The first-order valence-electron chi connectivity index (χ1n) is 11.6. The summed E-state index contributed by atoms with van der Waals surface area (Å²) in [6.45, 7) is 6.25. The molecule has 2 amide bonds. The molecule has 0 aromatic carbocycles. The summed E-state index contributed by atoms with van der Waals surface area (Å²) in [6.07, 6.45) is 4.98. The van der Waals surface area contributed by atoms with Crippen LogP contribution in [-0.4, -0.2) is 98.7 Å². The van der Waals surface area contributed by atoms with Crippen LogP contribution in [0.25, 0.3) is 0 Å². The Hall–Kier alpha value is -1.33. The number of methoxy groups -OCH3 is 1. The van der Waals surface area contributed by atoms with Crippen molar-refractivity contribution < 1.29 is 28.7 Å². The number of nitrogens with zero attached hydrogens (tertiary/aromatic N) is 1. The van der Waals surface area contributed by atoms with Crippen LogP contribution >= 0.6 is 11.8 Å². The van der Waals surface area contributed by atoms with Crippen LogP contribution in [0.2, 0.25) is 0 Å². The first-order chi connectivity index (χ1) is 16.0. The number of likely N-dealkylation sites (tertiary alicyclic amines) is 1. The topological polar surface area (TPSA) is 140 Å². The molecule has 1 rings (SSSR count). The number of esters is 1. The Labute approximate surface area is 213 Å². The van der Waals surface area contributed by atoms with E-state index in [1.54, 1.807) is 37.4 Å². The zero-order valence-corrected chi connectivity index (χ0v) is 23.4. The zero-order chi connectivity index (χ0) is 25.7. The second kappa shape index (κ2) is 15.6. The summed E-state index contributed by atoms with van der Waals surface area (Å²) in [5.41, 5.74) is 4.89. The summed E-state index contributed by atoms with van der Waals surface area (Å²) in [5.74, 6) is 0.106. The van der Waals surface area contributed by atoms with E-state index in [0.717, 1.165) is 18.6 Å². The third-order valence-corrected chi connectivity index (χ3v) is 7.65. The summed E-state index contributed by atoms with van der Waals surface area (Å²) >= 11 is 0.841. The Morgan fingerprint density at radius 1 is 1.18 bits per heavy atom. The van der Waals surface area contributed by atoms with Gasteiger partial charge < -0.3 is 0 Å².